The predicted molar refractivity (Wildman–Crippen MR) is 83.1 cm³/mol. The zero-order valence-electron chi connectivity index (χ0n) is 12.9. The second-order valence-electron chi connectivity index (χ2n) is 5.49. The van der Waals surface area contributed by atoms with Crippen LogP contribution >= 0.6 is 0 Å². The summed E-state index contributed by atoms with van der Waals surface area (Å²) in [6, 6.07) is 6.74. The molecule has 1 saturated heterocycles. The van der Waals surface area contributed by atoms with Gasteiger partial charge in [0.25, 0.3) is 0 Å². The second-order valence-corrected chi connectivity index (χ2v) is 5.49. The minimum atomic E-state index is -0.668. The third kappa shape index (κ3) is 3.86. The lowest BCUT2D eigenvalue weighted by atomic mass is 10.1. The lowest BCUT2D eigenvalue weighted by Crippen LogP contribution is -2.47. The Balaban J connectivity index is 1.61. The fraction of sp³-hybridized carbons (Fsp3) is 0.294. The van der Waals surface area contributed by atoms with Crippen molar-refractivity contribution in [2.24, 2.45) is 0 Å². The first kappa shape index (κ1) is 16.3. The first-order chi connectivity index (χ1) is 11.6. The van der Waals surface area contributed by atoms with Crippen molar-refractivity contribution in [2.75, 3.05) is 19.7 Å². The molecule has 0 saturated carbocycles. The summed E-state index contributed by atoms with van der Waals surface area (Å²) in [4.78, 5) is 17.8. The normalized spacial score (nSPS) is 17.6. The van der Waals surface area contributed by atoms with Crippen LogP contribution in [0.4, 0.5) is 13.6 Å². The Morgan fingerprint density at radius 2 is 2.08 bits per heavy atom. The van der Waals surface area contributed by atoms with Gasteiger partial charge in [0.05, 0.1) is 13.2 Å². The van der Waals surface area contributed by atoms with Crippen molar-refractivity contribution in [3.63, 3.8) is 0 Å². The van der Waals surface area contributed by atoms with Crippen LogP contribution in [0.2, 0.25) is 0 Å². The van der Waals surface area contributed by atoms with Gasteiger partial charge in [-0.2, -0.15) is 0 Å². The molecule has 0 spiro atoms. The highest BCUT2D eigenvalue weighted by molar-refractivity contribution is 5.74. The smallest absolute Gasteiger partial charge is 0.317 e. The number of nitrogens with one attached hydrogen (secondary N) is 1. The van der Waals surface area contributed by atoms with Gasteiger partial charge >= 0.3 is 6.03 Å². The van der Waals surface area contributed by atoms with Gasteiger partial charge in [0.15, 0.2) is 0 Å². The SMILES string of the molecule is O=C(NCc1ccncc1)N1CCOC(c2ccc(F)cc2F)C1. The molecule has 0 aliphatic carbocycles. The maximum atomic E-state index is 13.9. The van der Waals surface area contributed by atoms with Crippen LogP contribution in [0.3, 0.4) is 0 Å². The molecule has 3 rings (SSSR count). The molecule has 5 nitrogen and oxygen atoms in total. The summed E-state index contributed by atoms with van der Waals surface area (Å²) >= 11 is 0. The number of nitrogens with zero attached hydrogens (tertiary/aromatic N) is 2. The van der Waals surface area contributed by atoms with Gasteiger partial charge in [0.2, 0.25) is 0 Å². The maximum Gasteiger partial charge on any atom is 0.317 e. The van der Waals surface area contributed by atoms with Crippen LogP contribution in [0, 0.1) is 11.6 Å². The lowest BCUT2D eigenvalue weighted by molar-refractivity contribution is -0.0172. The Hall–Kier alpha value is -2.54. The molecule has 0 radical (unpaired) electrons. The highest BCUT2D eigenvalue weighted by Gasteiger charge is 2.27. The molecule has 1 atom stereocenters. The summed E-state index contributed by atoms with van der Waals surface area (Å²) in [5.41, 5.74) is 1.19. The standard InChI is InChI=1S/C17H17F2N3O2/c18-13-1-2-14(15(19)9-13)16-11-22(7-8-24-16)17(23)21-10-12-3-5-20-6-4-12/h1-6,9,16H,7-8,10-11H2,(H,21,23). The van der Waals surface area contributed by atoms with Crippen molar-refractivity contribution >= 4 is 6.03 Å². The molecule has 2 amide bonds. The number of carbonyl (C=O) groups excluding carboxylic acids is 1. The molecule has 1 aromatic heterocycles. The van der Waals surface area contributed by atoms with Gasteiger partial charge in [-0.15, -0.1) is 0 Å². The van der Waals surface area contributed by atoms with Crippen LogP contribution in [0.15, 0.2) is 42.7 Å². The van der Waals surface area contributed by atoms with Gasteiger partial charge in [0, 0.05) is 37.1 Å². The van der Waals surface area contributed by atoms with E-state index in [-0.39, 0.29) is 18.1 Å². The quantitative estimate of drug-likeness (QED) is 0.939. The number of aromatic nitrogens is 1. The number of urea groups is 1. The van der Waals surface area contributed by atoms with Gasteiger partial charge in [-0.05, 0) is 23.8 Å². The van der Waals surface area contributed by atoms with Gasteiger partial charge in [-0.3, -0.25) is 4.98 Å². The van der Waals surface area contributed by atoms with Crippen LogP contribution in [-0.4, -0.2) is 35.6 Å². The van der Waals surface area contributed by atoms with E-state index in [2.05, 4.69) is 10.3 Å². The van der Waals surface area contributed by atoms with Crippen LogP contribution in [0.1, 0.15) is 17.2 Å². The summed E-state index contributed by atoms with van der Waals surface area (Å²) in [5.74, 6) is -1.31. The monoisotopic (exact) mass is 333 g/mol. The molecule has 2 aromatic rings. The molecule has 126 valence electrons. The fourth-order valence-corrected chi connectivity index (χ4v) is 2.57. The molecule has 24 heavy (non-hydrogen) atoms. The van der Waals surface area contributed by atoms with Gasteiger partial charge in [-0.1, -0.05) is 6.07 Å². The average Bonchev–Trinajstić information content (AvgIpc) is 2.60. The Morgan fingerprint density at radius 1 is 1.29 bits per heavy atom. The van der Waals surface area contributed by atoms with Crippen molar-refractivity contribution in [2.45, 2.75) is 12.6 Å². The van der Waals surface area contributed by atoms with Crippen LogP contribution in [0.5, 0.6) is 0 Å². The molecule has 7 heteroatoms. The summed E-state index contributed by atoms with van der Waals surface area (Å²) in [6.45, 7) is 1.31. The number of benzene rings is 1. The first-order valence-electron chi connectivity index (χ1n) is 7.62. The minimum absolute atomic E-state index is 0.213. The number of morpholine rings is 1. The molecule has 1 fully saturated rings. The van der Waals surface area contributed by atoms with Gasteiger partial charge < -0.3 is 15.0 Å². The number of amides is 2. The summed E-state index contributed by atoms with van der Waals surface area (Å²) < 4.78 is 32.4. The molecular formula is C17H17F2N3O2. The number of halogens is 2. The fourth-order valence-electron chi connectivity index (χ4n) is 2.57. The minimum Gasteiger partial charge on any atom is -0.370 e. The zero-order valence-corrected chi connectivity index (χ0v) is 12.9. The summed E-state index contributed by atoms with van der Waals surface area (Å²) in [5, 5.41) is 2.81. The number of ether oxygens (including phenoxy) is 1. The van der Waals surface area contributed by atoms with E-state index in [1.54, 1.807) is 17.3 Å². The van der Waals surface area contributed by atoms with E-state index in [1.165, 1.54) is 12.1 Å². The zero-order chi connectivity index (χ0) is 16.9. The summed E-state index contributed by atoms with van der Waals surface area (Å²) in [6.07, 6.45) is 2.71. The lowest BCUT2D eigenvalue weighted by Gasteiger charge is -2.33. The van der Waals surface area contributed by atoms with Gasteiger partial charge in [-0.25, -0.2) is 13.6 Å². The average molecular weight is 333 g/mol. The van der Waals surface area contributed by atoms with Crippen molar-refractivity contribution < 1.29 is 18.3 Å². The predicted octanol–water partition coefficient (Wildman–Crippen LogP) is 2.64. The largest absolute Gasteiger partial charge is 0.370 e. The van der Waals surface area contributed by atoms with Crippen molar-refractivity contribution in [3.8, 4) is 0 Å². The third-order valence-electron chi connectivity index (χ3n) is 3.86. The number of carbonyl (C=O) groups is 1. The third-order valence-corrected chi connectivity index (χ3v) is 3.86. The van der Waals surface area contributed by atoms with Crippen molar-refractivity contribution in [1.29, 1.82) is 0 Å². The second kappa shape index (κ2) is 7.35. The van der Waals surface area contributed by atoms with Crippen molar-refractivity contribution in [1.82, 2.24) is 15.2 Å². The molecule has 1 aromatic carbocycles. The Morgan fingerprint density at radius 3 is 2.83 bits per heavy atom. The highest BCUT2D eigenvalue weighted by atomic mass is 19.1. The number of pyridine rings is 1. The van der Waals surface area contributed by atoms with E-state index in [0.717, 1.165) is 11.6 Å². The van der Waals surface area contributed by atoms with E-state index in [0.29, 0.717) is 19.7 Å². The van der Waals surface area contributed by atoms with E-state index >= 15 is 0 Å². The van der Waals surface area contributed by atoms with E-state index in [9.17, 15) is 13.6 Å². The van der Waals surface area contributed by atoms with Crippen LogP contribution in [-0.2, 0) is 11.3 Å². The first-order valence-corrected chi connectivity index (χ1v) is 7.62. The number of hydrogen-bond acceptors (Lipinski definition) is 3. The number of rotatable bonds is 3. The molecule has 1 aliphatic rings. The van der Waals surface area contributed by atoms with E-state index in [4.69, 9.17) is 4.74 Å². The number of hydrogen-bond donors (Lipinski definition) is 1. The van der Waals surface area contributed by atoms with E-state index < -0.39 is 17.7 Å². The van der Waals surface area contributed by atoms with E-state index in [1.807, 2.05) is 12.1 Å². The maximum absolute atomic E-state index is 13.9. The van der Waals surface area contributed by atoms with Crippen LogP contribution < -0.4 is 5.32 Å². The summed E-state index contributed by atoms with van der Waals surface area (Å²) in [7, 11) is 0. The molecule has 0 bridgehead atoms. The van der Waals surface area contributed by atoms with Crippen molar-refractivity contribution in [3.05, 3.63) is 65.5 Å². The molecule has 1 N–H and O–H groups in total. The molecule has 1 aliphatic heterocycles. The molecular weight excluding hydrogens is 316 g/mol. The molecule has 1 unspecified atom stereocenters. The Labute approximate surface area is 138 Å². The Kier molecular flexibility index (Phi) is 5.00. The topological polar surface area (TPSA) is 54.5 Å². The highest BCUT2D eigenvalue weighted by Crippen LogP contribution is 2.25. The van der Waals surface area contributed by atoms with Crippen LogP contribution in [0.25, 0.3) is 0 Å². The molecule has 2 heterocycles. The van der Waals surface area contributed by atoms with Gasteiger partial charge in [0.1, 0.15) is 17.7 Å². The Bertz CT molecular complexity index is 712.